The number of carbonyl (C=O) groups is 4. The molecule has 27 heavy (non-hydrogen) atoms. The Hall–Kier alpha value is -3.33. The van der Waals surface area contributed by atoms with E-state index in [1.54, 1.807) is 24.3 Å². The van der Waals surface area contributed by atoms with Gasteiger partial charge in [0.25, 0.3) is 11.1 Å². The molecular formula is C18H14N2O6S. The molecule has 0 spiro atoms. The minimum atomic E-state index is -1.18. The van der Waals surface area contributed by atoms with Crippen molar-refractivity contribution in [1.82, 2.24) is 4.90 Å². The minimum absolute atomic E-state index is 0.0554. The van der Waals surface area contributed by atoms with Crippen LogP contribution >= 0.6 is 11.8 Å². The average molecular weight is 386 g/mol. The van der Waals surface area contributed by atoms with Gasteiger partial charge in [0.1, 0.15) is 12.3 Å². The van der Waals surface area contributed by atoms with Crippen molar-refractivity contribution in [2.45, 2.75) is 0 Å². The Morgan fingerprint density at radius 1 is 1.22 bits per heavy atom. The van der Waals surface area contributed by atoms with Gasteiger partial charge >= 0.3 is 5.97 Å². The molecule has 9 heteroatoms. The van der Waals surface area contributed by atoms with Gasteiger partial charge in [0, 0.05) is 13.1 Å². The molecule has 1 aromatic carbocycles. The Labute approximate surface area is 158 Å². The number of aromatic carboxylic acids is 1. The molecule has 1 aromatic heterocycles. The molecule has 0 bridgehead atoms. The molecule has 1 aliphatic rings. The highest BCUT2D eigenvalue weighted by Crippen LogP contribution is 2.32. The molecule has 0 unspecified atom stereocenters. The summed E-state index contributed by atoms with van der Waals surface area (Å²) in [7, 11) is 1.39. The van der Waals surface area contributed by atoms with Crippen LogP contribution in [-0.2, 0) is 9.59 Å². The van der Waals surface area contributed by atoms with Crippen LogP contribution < -0.4 is 4.90 Å². The molecule has 3 amide bonds. The van der Waals surface area contributed by atoms with Gasteiger partial charge in [-0.3, -0.25) is 19.3 Å². The first-order chi connectivity index (χ1) is 12.9. The lowest BCUT2D eigenvalue weighted by Gasteiger charge is -2.21. The summed E-state index contributed by atoms with van der Waals surface area (Å²) in [4.78, 5) is 50.5. The van der Waals surface area contributed by atoms with Crippen LogP contribution in [0.1, 0.15) is 16.1 Å². The topological polar surface area (TPSA) is 108 Å². The van der Waals surface area contributed by atoms with Crippen molar-refractivity contribution in [2.75, 3.05) is 18.5 Å². The van der Waals surface area contributed by atoms with Gasteiger partial charge in [0.2, 0.25) is 5.91 Å². The molecule has 1 fully saturated rings. The Bertz CT molecular complexity index is 951. The van der Waals surface area contributed by atoms with Crippen LogP contribution in [0.5, 0.6) is 0 Å². The number of para-hydroxylation sites is 1. The summed E-state index contributed by atoms with van der Waals surface area (Å²) in [6, 6.07) is 9.27. The molecule has 1 saturated heterocycles. The van der Waals surface area contributed by atoms with Crippen molar-refractivity contribution >= 4 is 46.5 Å². The molecular weight excluding hydrogens is 372 g/mol. The number of thioether (sulfide) groups is 1. The highest BCUT2D eigenvalue weighted by atomic mass is 32.2. The second-order valence-electron chi connectivity index (χ2n) is 5.56. The number of benzene rings is 1. The number of anilines is 1. The summed E-state index contributed by atoms with van der Waals surface area (Å²) in [5, 5.41) is 8.67. The third-order valence-corrected chi connectivity index (χ3v) is 4.76. The second kappa shape index (κ2) is 7.50. The minimum Gasteiger partial charge on any atom is -0.478 e. The zero-order valence-corrected chi connectivity index (χ0v) is 14.9. The fourth-order valence-electron chi connectivity index (χ4n) is 2.46. The van der Waals surface area contributed by atoms with Crippen molar-refractivity contribution in [2.24, 2.45) is 0 Å². The molecule has 0 radical (unpaired) electrons. The predicted molar refractivity (Wildman–Crippen MR) is 98.2 cm³/mol. The van der Waals surface area contributed by atoms with Crippen LogP contribution in [0.4, 0.5) is 10.5 Å². The number of carboxylic acids is 1. The molecule has 0 atom stereocenters. The van der Waals surface area contributed by atoms with Crippen LogP contribution in [0.15, 0.2) is 52.0 Å². The molecule has 0 saturated carbocycles. The predicted octanol–water partition coefficient (Wildman–Crippen LogP) is 2.68. The van der Waals surface area contributed by atoms with Gasteiger partial charge in [0.05, 0.1) is 22.4 Å². The van der Waals surface area contributed by atoms with Crippen molar-refractivity contribution in [3.05, 3.63) is 58.9 Å². The van der Waals surface area contributed by atoms with Gasteiger partial charge in [-0.05, 0) is 36.0 Å². The third-order valence-electron chi connectivity index (χ3n) is 3.85. The number of hydrogen-bond acceptors (Lipinski definition) is 6. The van der Waals surface area contributed by atoms with Gasteiger partial charge < -0.3 is 14.4 Å². The quantitative estimate of drug-likeness (QED) is 0.787. The summed E-state index contributed by atoms with van der Waals surface area (Å²) < 4.78 is 5.12. The van der Waals surface area contributed by atoms with Crippen LogP contribution in [0.3, 0.4) is 0 Å². The fourth-order valence-corrected chi connectivity index (χ4v) is 3.28. The zero-order chi connectivity index (χ0) is 19.6. The second-order valence-corrected chi connectivity index (χ2v) is 6.55. The molecule has 0 aliphatic carbocycles. The van der Waals surface area contributed by atoms with E-state index in [1.807, 2.05) is 0 Å². The van der Waals surface area contributed by atoms with E-state index in [-0.39, 0.29) is 16.2 Å². The Morgan fingerprint density at radius 2 is 1.96 bits per heavy atom. The van der Waals surface area contributed by atoms with Gasteiger partial charge in [-0.2, -0.15) is 0 Å². The number of hydrogen-bond donors (Lipinski definition) is 1. The molecule has 1 aliphatic heterocycles. The standard InChI is InChI=1S/C18H14N2O6S/c1-19(13-7-3-2-6-12(13)17(23)24)15(21)10-20-16(22)14(27-18(20)25)9-11-5-4-8-26-11/h2-9H,10H2,1H3,(H,23,24)/b14-9-. The monoisotopic (exact) mass is 386 g/mol. The van der Waals surface area contributed by atoms with Crippen LogP contribution in [-0.4, -0.2) is 46.6 Å². The van der Waals surface area contributed by atoms with Crippen molar-refractivity contribution in [3.63, 3.8) is 0 Å². The highest BCUT2D eigenvalue weighted by molar-refractivity contribution is 8.18. The lowest BCUT2D eigenvalue weighted by Crippen LogP contribution is -2.41. The first-order valence-corrected chi connectivity index (χ1v) is 8.58. The molecule has 1 N–H and O–H groups in total. The van der Waals surface area contributed by atoms with E-state index in [4.69, 9.17) is 4.42 Å². The summed E-state index contributed by atoms with van der Waals surface area (Å²) >= 11 is 0.711. The molecule has 2 aromatic rings. The molecule has 2 heterocycles. The maximum Gasteiger partial charge on any atom is 0.337 e. The van der Waals surface area contributed by atoms with Crippen molar-refractivity contribution in [3.8, 4) is 0 Å². The highest BCUT2D eigenvalue weighted by Gasteiger charge is 2.37. The number of carboxylic acid groups (broad SMARTS) is 1. The number of likely N-dealkylation sites (N-methyl/N-ethyl adjacent to an activating group) is 1. The van der Waals surface area contributed by atoms with Gasteiger partial charge in [-0.1, -0.05) is 12.1 Å². The van der Waals surface area contributed by atoms with Crippen LogP contribution in [0.25, 0.3) is 6.08 Å². The maximum atomic E-state index is 12.5. The molecule has 8 nitrogen and oxygen atoms in total. The van der Waals surface area contributed by atoms with E-state index in [0.717, 1.165) is 9.80 Å². The molecule has 138 valence electrons. The summed E-state index contributed by atoms with van der Waals surface area (Å²) in [6.07, 6.45) is 2.87. The van der Waals surface area contributed by atoms with E-state index < -0.39 is 29.6 Å². The largest absolute Gasteiger partial charge is 0.478 e. The van der Waals surface area contributed by atoms with Gasteiger partial charge in [-0.25, -0.2) is 4.79 Å². The number of furan rings is 1. The summed E-state index contributed by atoms with van der Waals surface area (Å²) in [6.45, 7) is -0.495. The number of amides is 3. The first kappa shape index (κ1) is 18.5. The van der Waals surface area contributed by atoms with Crippen LogP contribution in [0.2, 0.25) is 0 Å². The normalized spacial score (nSPS) is 15.4. The Kier molecular flexibility index (Phi) is 5.13. The van der Waals surface area contributed by atoms with Crippen molar-refractivity contribution < 1.29 is 28.7 Å². The van der Waals surface area contributed by atoms with Crippen LogP contribution in [0, 0.1) is 0 Å². The summed E-state index contributed by atoms with van der Waals surface area (Å²) in [5.74, 6) is -1.96. The smallest absolute Gasteiger partial charge is 0.337 e. The third kappa shape index (κ3) is 3.77. The van der Waals surface area contributed by atoms with E-state index in [2.05, 4.69) is 0 Å². The Morgan fingerprint density at radius 3 is 2.63 bits per heavy atom. The SMILES string of the molecule is CN(C(=O)CN1C(=O)S/C(=C\c2ccco2)C1=O)c1ccccc1C(=O)O. The van der Waals surface area contributed by atoms with E-state index in [1.165, 1.54) is 31.5 Å². The fraction of sp³-hybridized carbons (Fsp3) is 0.111. The lowest BCUT2D eigenvalue weighted by atomic mass is 10.1. The number of nitrogens with zero attached hydrogens (tertiary/aromatic N) is 2. The number of carbonyl (C=O) groups excluding carboxylic acids is 3. The van der Waals surface area contributed by atoms with Crippen molar-refractivity contribution in [1.29, 1.82) is 0 Å². The number of imide groups is 1. The van der Waals surface area contributed by atoms with E-state index in [0.29, 0.717) is 17.5 Å². The van der Waals surface area contributed by atoms with Gasteiger partial charge in [0.15, 0.2) is 0 Å². The Balaban J connectivity index is 1.77. The zero-order valence-electron chi connectivity index (χ0n) is 14.1. The number of rotatable bonds is 5. The summed E-state index contributed by atoms with van der Waals surface area (Å²) in [5.41, 5.74) is 0.119. The average Bonchev–Trinajstić information content (AvgIpc) is 3.25. The maximum absolute atomic E-state index is 12.5. The molecule has 3 rings (SSSR count). The van der Waals surface area contributed by atoms with E-state index >= 15 is 0 Å². The van der Waals surface area contributed by atoms with Gasteiger partial charge in [-0.15, -0.1) is 0 Å². The van der Waals surface area contributed by atoms with E-state index in [9.17, 15) is 24.3 Å². The first-order valence-electron chi connectivity index (χ1n) is 7.76. The lowest BCUT2D eigenvalue weighted by molar-refractivity contribution is -0.128.